The summed E-state index contributed by atoms with van der Waals surface area (Å²) >= 11 is 0. The first-order chi connectivity index (χ1) is 9.51. The molecule has 0 aromatic heterocycles. The fraction of sp³-hybridized carbons (Fsp3) is 0.250. The Hall–Kier alpha value is -2.77. The molecule has 0 radical (unpaired) electrons. The molecule has 0 unspecified atom stereocenters. The molecule has 106 valence electrons. The number of imide groups is 1. The molecule has 1 aliphatic rings. The predicted octanol–water partition coefficient (Wildman–Crippen LogP) is -0.232. The van der Waals surface area contributed by atoms with Crippen LogP contribution in [0.3, 0.4) is 0 Å². The Balaban J connectivity index is 2.05. The van der Waals surface area contributed by atoms with Crippen LogP contribution in [0, 0.1) is 0 Å². The molecule has 0 aliphatic carbocycles. The lowest BCUT2D eigenvalue weighted by molar-refractivity contribution is -0.128. The zero-order valence-electron chi connectivity index (χ0n) is 10.8. The number of nitrogens with one attached hydrogen (secondary N) is 2. The number of carbonyl (C=O) groups is 3. The largest absolute Gasteiger partial charge is 0.494 e. The predicted molar refractivity (Wildman–Crippen MR) is 71.1 cm³/mol. The molecule has 1 aromatic carbocycles. The molecule has 1 aliphatic heterocycles. The fourth-order valence-electron chi connectivity index (χ4n) is 1.76. The number of anilines is 2. The fourth-order valence-corrected chi connectivity index (χ4v) is 1.76. The van der Waals surface area contributed by atoms with Gasteiger partial charge in [0.2, 0.25) is 5.91 Å². The van der Waals surface area contributed by atoms with E-state index < -0.39 is 17.8 Å². The zero-order chi connectivity index (χ0) is 14.7. The van der Waals surface area contributed by atoms with E-state index in [1.54, 1.807) is 18.2 Å². The highest BCUT2D eigenvalue weighted by Crippen LogP contribution is 2.26. The number of rotatable bonds is 4. The molecule has 0 bridgehead atoms. The number of nitrogens with zero attached hydrogens (tertiary/aromatic N) is 1. The third-order valence-electron chi connectivity index (χ3n) is 2.74. The normalized spacial score (nSPS) is 14.2. The molecule has 0 atom stereocenters. The Kier molecular flexibility index (Phi) is 3.74. The van der Waals surface area contributed by atoms with Crippen LogP contribution in [-0.2, 0) is 9.59 Å². The van der Waals surface area contributed by atoms with E-state index in [1.165, 1.54) is 7.11 Å². The van der Waals surface area contributed by atoms with Crippen LogP contribution in [0.15, 0.2) is 18.2 Å². The van der Waals surface area contributed by atoms with Gasteiger partial charge in [0.15, 0.2) is 0 Å². The van der Waals surface area contributed by atoms with Gasteiger partial charge in [-0.15, -0.1) is 0 Å². The van der Waals surface area contributed by atoms with Gasteiger partial charge in [0.1, 0.15) is 12.3 Å². The van der Waals surface area contributed by atoms with Crippen LogP contribution >= 0.6 is 0 Å². The third kappa shape index (κ3) is 2.79. The summed E-state index contributed by atoms with van der Waals surface area (Å²) in [6.45, 7) is -0.435. The average Bonchev–Trinajstić information content (AvgIpc) is 2.72. The standard InChI is InChI=1S/C12H14N4O4/c1-20-9-4-7(13)2-3-8(9)15-10(17)6-16-11(18)5-14-12(16)19/h2-4H,5-6,13H2,1H3,(H,14,19)(H,15,17). The molecule has 4 amide bonds. The summed E-state index contributed by atoms with van der Waals surface area (Å²) in [5.74, 6) is -0.538. The van der Waals surface area contributed by atoms with E-state index in [4.69, 9.17) is 10.5 Å². The molecule has 4 N–H and O–H groups in total. The van der Waals surface area contributed by atoms with Crippen LogP contribution in [0.2, 0.25) is 0 Å². The first-order valence-corrected chi connectivity index (χ1v) is 5.83. The van der Waals surface area contributed by atoms with E-state index in [1.807, 2.05) is 0 Å². The Morgan fingerprint density at radius 3 is 2.85 bits per heavy atom. The molecule has 8 heteroatoms. The molecule has 0 spiro atoms. The van der Waals surface area contributed by atoms with Gasteiger partial charge in [0, 0.05) is 11.8 Å². The lowest BCUT2D eigenvalue weighted by Gasteiger charge is -2.14. The van der Waals surface area contributed by atoms with Crippen LogP contribution in [0.1, 0.15) is 0 Å². The van der Waals surface area contributed by atoms with Gasteiger partial charge in [-0.2, -0.15) is 0 Å². The van der Waals surface area contributed by atoms with E-state index in [2.05, 4.69) is 10.6 Å². The number of nitrogens with two attached hydrogens (primary N) is 1. The monoisotopic (exact) mass is 278 g/mol. The van der Waals surface area contributed by atoms with Gasteiger partial charge in [-0.25, -0.2) is 4.79 Å². The number of carbonyl (C=O) groups excluding carboxylic acids is 3. The quantitative estimate of drug-likeness (QED) is 0.520. The summed E-state index contributed by atoms with van der Waals surface area (Å²) in [5, 5.41) is 4.90. The second-order valence-electron chi connectivity index (χ2n) is 4.15. The molecule has 1 fully saturated rings. The second-order valence-corrected chi connectivity index (χ2v) is 4.15. The van der Waals surface area contributed by atoms with E-state index in [-0.39, 0.29) is 13.1 Å². The van der Waals surface area contributed by atoms with Crippen molar-refractivity contribution < 1.29 is 19.1 Å². The summed E-state index contributed by atoms with van der Waals surface area (Å²) in [6.07, 6.45) is 0. The van der Waals surface area contributed by atoms with Crippen molar-refractivity contribution in [3.63, 3.8) is 0 Å². The third-order valence-corrected chi connectivity index (χ3v) is 2.74. The van der Waals surface area contributed by atoms with Crippen molar-refractivity contribution in [2.24, 2.45) is 0 Å². The topological polar surface area (TPSA) is 114 Å². The van der Waals surface area contributed by atoms with Gasteiger partial charge in [0.25, 0.3) is 5.91 Å². The summed E-state index contributed by atoms with van der Waals surface area (Å²) in [4.78, 5) is 35.4. The van der Waals surface area contributed by atoms with E-state index in [0.29, 0.717) is 17.1 Å². The minimum absolute atomic E-state index is 0.0860. The lowest BCUT2D eigenvalue weighted by atomic mass is 10.2. The van der Waals surface area contributed by atoms with Crippen molar-refractivity contribution in [3.05, 3.63) is 18.2 Å². The summed E-state index contributed by atoms with van der Waals surface area (Å²) < 4.78 is 5.08. The highest BCUT2D eigenvalue weighted by molar-refractivity contribution is 6.06. The minimum Gasteiger partial charge on any atom is -0.494 e. The molecule has 20 heavy (non-hydrogen) atoms. The lowest BCUT2D eigenvalue weighted by Crippen LogP contribution is -2.38. The van der Waals surface area contributed by atoms with Gasteiger partial charge in [-0.05, 0) is 12.1 Å². The number of urea groups is 1. The molecule has 1 heterocycles. The Morgan fingerprint density at radius 2 is 2.25 bits per heavy atom. The second kappa shape index (κ2) is 5.47. The first-order valence-electron chi connectivity index (χ1n) is 5.83. The van der Waals surface area contributed by atoms with E-state index in [0.717, 1.165) is 4.90 Å². The minimum atomic E-state index is -0.575. The van der Waals surface area contributed by atoms with Crippen molar-refractivity contribution in [2.45, 2.75) is 0 Å². The maximum Gasteiger partial charge on any atom is 0.325 e. The van der Waals surface area contributed by atoms with Gasteiger partial charge in [0.05, 0.1) is 19.3 Å². The van der Waals surface area contributed by atoms with Crippen LogP contribution in [0.25, 0.3) is 0 Å². The molecule has 2 rings (SSSR count). The van der Waals surface area contributed by atoms with Gasteiger partial charge in [-0.3, -0.25) is 14.5 Å². The Labute approximate surface area is 114 Å². The number of ether oxygens (including phenoxy) is 1. The SMILES string of the molecule is COc1cc(N)ccc1NC(=O)CN1C(=O)CNC1=O. The highest BCUT2D eigenvalue weighted by Gasteiger charge is 2.30. The number of nitrogen functional groups attached to an aromatic ring is 1. The molecule has 0 saturated carbocycles. The Morgan fingerprint density at radius 1 is 1.50 bits per heavy atom. The first kappa shape index (κ1) is 13.7. The van der Waals surface area contributed by atoms with E-state index in [9.17, 15) is 14.4 Å². The van der Waals surface area contributed by atoms with Crippen molar-refractivity contribution in [2.75, 3.05) is 31.2 Å². The molecule has 8 nitrogen and oxygen atoms in total. The number of methoxy groups -OCH3 is 1. The summed E-state index contributed by atoms with van der Waals surface area (Å²) in [7, 11) is 1.45. The molecule has 1 aromatic rings. The van der Waals surface area contributed by atoms with Crippen molar-refractivity contribution >= 4 is 29.2 Å². The number of hydrogen-bond donors (Lipinski definition) is 3. The highest BCUT2D eigenvalue weighted by atomic mass is 16.5. The van der Waals surface area contributed by atoms with E-state index >= 15 is 0 Å². The van der Waals surface area contributed by atoms with Crippen molar-refractivity contribution in [1.82, 2.24) is 10.2 Å². The zero-order valence-corrected chi connectivity index (χ0v) is 10.8. The number of hydrogen-bond acceptors (Lipinski definition) is 5. The van der Waals surface area contributed by atoms with Gasteiger partial charge in [-0.1, -0.05) is 0 Å². The smallest absolute Gasteiger partial charge is 0.325 e. The maximum atomic E-state index is 11.8. The summed E-state index contributed by atoms with van der Waals surface area (Å²) in [6, 6.07) is 4.17. The van der Waals surface area contributed by atoms with Gasteiger partial charge < -0.3 is 21.1 Å². The number of amides is 4. The molecular weight excluding hydrogens is 264 g/mol. The molecular formula is C12H14N4O4. The van der Waals surface area contributed by atoms with Crippen LogP contribution < -0.4 is 21.1 Å². The van der Waals surface area contributed by atoms with Crippen LogP contribution in [0.4, 0.5) is 16.2 Å². The number of benzene rings is 1. The summed E-state index contributed by atoms with van der Waals surface area (Å²) in [5.41, 5.74) is 6.51. The van der Waals surface area contributed by atoms with Crippen molar-refractivity contribution in [1.29, 1.82) is 0 Å². The Bertz CT molecular complexity index is 557. The maximum absolute atomic E-state index is 11.8. The van der Waals surface area contributed by atoms with Gasteiger partial charge >= 0.3 is 6.03 Å². The average molecular weight is 278 g/mol. The van der Waals surface area contributed by atoms with Crippen LogP contribution in [-0.4, -0.2) is 42.9 Å². The van der Waals surface area contributed by atoms with Crippen molar-refractivity contribution in [3.8, 4) is 5.75 Å². The van der Waals surface area contributed by atoms with Crippen LogP contribution in [0.5, 0.6) is 5.75 Å². The molecule has 1 saturated heterocycles.